The first kappa shape index (κ1) is 18.3. The molecule has 1 atom stereocenters. The summed E-state index contributed by atoms with van der Waals surface area (Å²) in [6.07, 6.45) is 0.653. The number of aryl methyl sites for hydroxylation is 1. The van der Waals surface area contributed by atoms with Crippen LogP contribution in [0.5, 0.6) is 0 Å². The van der Waals surface area contributed by atoms with Crippen LogP contribution in [0.15, 0.2) is 47.4 Å². The van der Waals surface area contributed by atoms with E-state index < -0.39 is 10.1 Å². The lowest BCUT2D eigenvalue weighted by Gasteiger charge is -2.13. The van der Waals surface area contributed by atoms with E-state index >= 15 is 0 Å². The molecule has 23 heavy (non-hydrogen) atoms. The predicted octanol–water partition coefficient (Wildman–Crippen LogP) is 4.89. The zero-order chi connectivity index (χ0) is 17.0. The highest BCUT2D eigenvalue weighted by Crippen LogP contribution is 2.24. The van der Waals surface area contributed by atoms with Crippen molar-refractivity contribution in [1.29, 1.82) is 0 Å². The molecule has 0 heterocycles. The largest absolute Gasteiger partial charge is 0.296 e. The summed E-state index contributed by atoms with van der Waals surface area (Å²) in [5.41, 5.74) is 1.99. The van der Waals surface area contributed by atoms with Gasteiger partial charge >= 0.3 is 0 Å². The second kappa shape index (κ2) is 7.67. The smallest absolute Gasteiger partial charge is 0.266 e. The number of hydrogen-bond acceptors (Lipinski definition) is 3. The van der Waals surface area contributed by atoms with Crippen LogP contribution < -0.4 is 0 Å². The Balaban J connectivity index is 1.96. The summed E-state index contributed by atoms with van der Waals surface area (Å²) in [6.45, 7) is 3.93. The van der Waals surface area contributed by atoms with Crippen LogP contribution in [-0.4, -0.2) is 15.0 Å². The third-order valence-corrected chi connectivity index (χ3v) is 5.42. The third kappa shape index (κ3) is 5.21. The van der Waals surface area contributed by atoms with Gasteiger partial charge in [-0.2, -0.15) is 8.42 Å². The average Bonchev–Trinajstić information content (AvgIpc) is 2.50. The van der Waals surface area contributed by atoms with Crippen molar-refractivity contribution in [3.8, 4) is 0 Å². The number of halogens is 2. The molecule has 0 unspecified atom stereocenters. The molecule has 2 rings (SSSR count). The van der Waals surface area contributed by atoms with Gasteiger partial charge in [-0.3, -0.25) is 4.18 Å². The standard InChI is InChI=1S/C17H18Cl2O3S/c1-12-3-6-15(7-4-12)23(20,21)22-11-13(2)9-14-5-8-16(18)17(19)10-14/h3-8,10,13H,9,11H2,1-2H3/t13-/m1/s1. The van der Waals surface area contributed by atoms with E-state index in [0.717, 1.165) is 11.1 Å². The number of hydrogen-bond donors (Lipinski definition) is 0. The van der Waals surface area contributed by atoms with Gasteiger partial charge in [0.15, 0.2) is 0 Å². The molecule has 0 aliphatic rings. The lowest BCUT2D eigenvalue weighted by Crippen LogP contribution is -2.14. The second-order valence-electron chi connectivity index (χ2n) is 5.61. The van der Waals surface area contributed by atoms with Crippen molar-refractivity contribution < 1.29 is 12.6 Å². The Morgan fingerprint density at radius 2 is 1.70 bits per heavy atom. The Hall–Kier alpha value is -1.07. The summed E-state index contributed by atoms with van der Waals surface area (Å²) in [7, 11) is -3.73. The Labute approximate surface area is 147 Å². The van der Waals surface area contributed by atoms with Crippen molar-refractivity contribution in [3.63, 3.8) is 0 Å². The van der Waals surface area contributed by atoms with Gasteiger partial charge in [-0.1, -0.05) is 53.9 Å². The molecule has 124 valence electrons. The van der Waals surface area contributed by atoms with E-state index in [1.165, 1.54) is 0 Å². The Morgan fingerprint density at radius 1 is 1.04 bits per heavy atom. The highest BCUT2D eigenvalue weighted by Gasteiger charge is 2.17. The minimum absolute atomic E-state index is 0.0208. The molecular formula is C17H18Cl2O3S. The zero-order valence-corrected chi connectivity index (χ0v) is 15.3. The topological polar surface area (TPSA) is 43.4 Å². The molecule has 0 radical (unpaired) electrons. The van der Waals surface area contributed by atoms with Crippen LogP contribution in [0.4, 0.5) is 0 Å². The van der Waals surface area contributed by atoms with Crippen LogP contribution in [0, 0.1) is 12.8 Å². The van der Waals surface area contributed by atoms with Gasteiger partial charge < -0.3 is 0 Å². The molecule has 0 fully saturated rings. The van der Waals surface area contributed by atoms with Crippen molar-refractivity contribution in [2.45, 2.75) is 25.2 Å². The Bertz CT molecular complexity index is 771. The summed E-state index contributed by atoms with van der Waals surface area (Å²) in [5.74, 6) is 0.0208. The van der Waals surface area contributed by atoms with Gasteiger partial charge in [-0.15, -0.1) is 0 Å². The van der Waals surface area contributed by atoms with E-state index in [9.17, 15) is 8.42 Å². The monoisotopic (exact) mass is 372 g/mol. The molecule has 0 amide bonds. The van der Waals surface area contributed by atoms with Crippen molar-refractivity contribution >= 4 is 33.3 Å². The molecule has 0 N–H and O–H groups in total. The summed E-state index contributed by atoms with van der Waals surface area (Å²) in [4.78, 5) is 0.171. The molecule has 2 aromatic rings. The van der Waals surface area contributed by atoms with Gasteiger partial charge in [0.1, 0.15) is 0 Å². The quantitative estimate of drug-likeness (QED) is 0.678. The van der Waals surface area contributed by atoms with Gasteiger partial charge in [0.2, 0.25) is 0 Å². The molecule has 0 saturated heterocycles. The first-order valence-electron chi connectivity index (χ1n) is 7.18. The van der Waals surface area contributed by atoms with Crippen LogP contribution in [0.25, 0.3) is 0 Å². The normalized spacial score (nSPS) is 13.0. The zero-order valence-electron chi connectivity index (χ0n) is 12.9. The second-order valence-corrected chi connectivity index (χ2v) is 8.04. The molecule has 0 spiro atoms. The fourth-order valence-electron chi connectivity index (χ4n) is 2.11. The van der Waals surface area contributed by atoms with Crippen molar-refractivity contribution in [2.24, 2.45) is 5.92 Å². The Kier molecular flexibility index (Phi) is 6.09. The fraction of sp³-hybridized carbons (Fsp3) is 0.294. The van der Waals surface area contributed by atoms with Crippen molar-refractivity contribution in [1.82, 2.24) is 0 Å². The maximum absolute atomic E-state index is 12.1. The molecule has 0 aromatic heterocycles. The lowest BCUT2D eigenvalue weighted by atomic mass is 10.0. The Morgan fingerprint density at radius 3 is 2.30 bits per heavy atom. The van der Waals surface area contributed by atoms with Gasteiger partial charge in [-0.25, -0.2) is 0 Å². The van der Waals surface area contributed by atoms with E-state index in [1.807, 2.05) is 19.9 Å². The SMILES string of the molecule is Cc1ccc(S(=O)(=O)OC[C@H](C)Cc2ccc(Cl)c(Cl)c2)cc1. The van der Waals surface area contributed by atoms with E-state index in [4.69, 9.17) is 27.4 Å². The lowest BCUT2D eigenvalue weighted by molar-refractivity contribution is 0.264. The molecule has 0 bridgehead atoms. The summed E-state index contributed by atoms with van der Waals surface area (Å²) in [6, 6.07) is 12.0. The van der Waals surface area contributed by atoms with Crippen LogP contribution in [0.2, 0.25) is 10.0 Å². The maximum atomic E-state index is 12.1. The highest BCUT2D eigenvalue weighted by atomic mass is 35.5. The first-order valence-corrected chi connectivity index (χ1v) is 9.34. The maximum Gasteiger partial charge on any atom is 0.296 e. The molecule has 6 heteroatoms. The van der Waals surface area contributed by atoms with Crippen LogP contribution >= 0.6 is 23.2 Å². The first-order chi connectivity index (χ1) is 10.8. The van der Waals surface area contributed by atoms with Crippen molar-refractivity contribution in [3.05, 3.63) is 63.6 Å². The number of benzene rings is 2. The van der Waals surface area contributed by atoms with Crippen molar-refractivity contribution in [2.75, 3.05) is 6.61 Å². The van der Waals surface area contributed by atoms with E-state index in [0.29, 0.717) is 16.5 Å². The van der Waals surface area contributed by atoms with E-state index in [1.54, 1.807) is 36.4 Å². The van der Waals surface area contributed by atoms with E-state index in [-0.39, 0.29) is 17.4 Å². The molecule has 0 saturated carbocycles. The molecule has 2 aromatic carbocycles. The molecule has 0 aliphatic carbocycles. The van der Waals surface area contributed by atoms with Gasteiger partial charge in [0.25, 0.3) is 10.1 Å². The predicted molar refractivity (Wildman–Crippen MR) is 93.6 cm³/mol. The van der Waals surface area contributed by atoms with Crippen LogP contribution in [-0.2, 0) is 20.7 Å². The summed E-state index contributed by atoms with van der Waals surface area (Å²) in [5, 5.41) is 0.992. The third-order valence-electron chi connectivity index (χ3n) is 3.39. The summed E-state index contributed by atoms with van der Waals surface area (Å²) < 4.78 is 29.4. The van der Waals surface area contributed by atoms with Gasteiger partial charge in [0, 0.05) is 0 Å². The van der Waals surface area contributed by atoms with Crippen LogP contribution in [0.3, 0.4) is 0 Å². The van der Waals surface area contributed by atoms with Gasteiger partial charge in [-0.05, 0) is 49.1 Å². The van der Waals surface area contributed by atoms with Gasteiger partial charge in [0.05, 0.1) is 21.5 Å². The molecule has 0 aliphatic heterocycles. The van der Waals surface area contributed by atoms with E-state index in [2.05, 4.69) is 0 Å². The molecule has 3 nitrogen and oxygen atoms in total. The summed E-state index contributed by atoms with van der Waals surface area (Å²) >= 11 is 11.9. The average molecular weight is 373 g/mol. The fourth-order valence-corrected chi connectivity index (χ4v) is 3.44. The van der Waals surface area contributed by atoms with Crippen LogP contribution in [0.1, 0.15) is 18.1 Å². The molecular weight excluding hydrogens is 355 g/mol. The minimum Gasteiger partial charge on any atom is -0.266 e. The number of rotatable bonds is 6. The minimum atomic E-state index is -3.73. The highest BCUT2D eigenvalue weighted by molar-refractivity contribution is 7.86.